The van der Waals surface area contributed by atoms with Crippen LogP contribution in [0.3, 0.4) is 0 Å². The first-order chi connectivity index (χ1) is 16.3. The molecule has 0 amide bonds. The summed E-state index contributed by atoms with van der Waals surface area (Å²) >= 11 is 0. The molecule has 12 atom stereocenters. The largest absolute Gasteiger partial charge is 0.395 e. The Labute approximate surface area is 202 Å². The quantitative estimate of drug-likeness (QED) is 0.164. The Balaban J connectivity index is 1.44. The van der Waals surface area contributed by atoms with E-state index in [1.54, 1.807) is 0 Å². The molecule has 1 aliphatic carbocycles. The second kappa shape index (κ2) is 13.2. The zero-order chi connectivity index (χ0) is 24.8. The lowest BCUT2D eigenvalue weighted by atomic mass is 9.73. The third-order valence-corrected chi connectivity index (χ3v) is 8.54. The summed E-state index contributed by atoms with van der Waals surface area (Å²) in [5.41, 5.74) is 0. The van der Waals surface area contributed by atoms with Gasteiger partial charge in [0.2, 0.25) is 0 Å². The first-order valence-corrected chi connectivity index (χ1v) is 13.1. The van der Waals surface area contributed by atoms with E-state index >= 15 is 0 Å². The van der Waals surface area contributed by atoms with Crippen LogP contribution in [0.2, 0.25) is 0 Å². The highest BCUT2D eigenvalue weighted by atomic mass is 16.4. The summed E-state index contributed by atoms with van der Waals surface area (Å²) in [5, 5.41) is 85.7. The lowest BCUT2D eigenvalue weighted by molar-refractivity contribution is -0.121. The van der Waals surface area contributed by atoms with Crippen molar-refractivity contribution in [3.05, 3.63) is 0 Å². The Morgan fingerprint density at radius 3 is 1.18 bits per heavy atom. The zero-order valence-corrected chi connectivity index (χ0v) is 20.0. The fraction of sp³-hybridized carbons (Fsp3) is 1.00. The summed E-state index contributed by atoms with van der Waals surface area (Å²) in [5.74, 6) is 1.14. The maximum atomic E-state index is 10.3. The van der Waals surface area contributed by atoms with Gasteiger partial charge in [0, 0.05) is 12.1 Å². The third-order valence-electron chi connectivity index (χ3n) is 8.54. The van der Waals surface area contributed by atoms with Crippen LogP contribution in [0.25, 0.3) is 0 Å². The molecule has 34 heavy (non-hydrogen) atoms. The Morgan fingerprint density at radius 2 is 0.824 bits per heavy atom. The molecule has 2 saturated heterocycles. The molecule has 3 rings (SSSR count). The van der Waals surface area contributed by atoms with Crippen LogP contribution in [0.15, 0.2) is 0 Å². The minimum absolute atomic E-state index is 0.300. The summed E-state index contributed by atoms with van der Waals surface area (Å²) < 4.78 is 0. The van der Waals surface area contributed by atoms with Gasteiger partial charge in [-0.15, -0.1) is 0 Å². The molecule has 0 aromatic carbocycles. The molecule has 0 spiro atoms. The molecule has 1 saturated carbocycles. The van der Waals surface area contributed by atoms with Crippen LogP contribution >= 0.6 is 0 Å². The van der Waals surface area contributed by atoms with Crippen molar-refractivity contribution in [2.45, 2.75) is 125 Å². The molecule has 2 heterocycles. The van der Waals surface area contributed by atoms with Gasteiger partial charge in [0.25, 0.3) is 0 Å². The van der Waals surface area contributed by atoms with Crippen molar-refractivity contribution in [1.82, 2.24) is 10.6 Å². The maximum absolute atomic E-state index is 10.3. The lowest BCUT2D eigenvalue weighted by Crippen LogP contribution is -2.65. The molecule has 10 N–H and O–H groups in total. The first-order valence-electron chi connectivity index (χ1n) is 13.1. The van der Waals surface area contributed by atoms with E-state index in [1.165, 1.54) is 12.8 Å². The van der Waals surface area contributed by atoms with Crippen LogP contribution in [0.5, 0.6) is 0 Å². The predicted molar refractivity (Wildman–Crippen MR) is 125 cm³/mol. The van der Waals surface area contributed by atoms with E-state index in [-0.39, 0.29) is 25.3 Å². The van der Waals surface area contributed by atoms with E-state index in [0.29, 0.717) is 24.7 Å². The average molecular weight is 491 g/mol. The molecule has 0 aromatic heterocycles. The van der Waals surface area contributed by atoms with E-state index in [2.05, 4.69) is 10.6 Å². The molecular formula is C24H46N2O8. The summed E-state index contributed by atoms with van der Waals surface area (Å²) in [6.45, 7) is -0.600. The van der Waals surface area contributed by atoms with E-state index in [4.69, 9.17) is 0 Å². The summed E-state index contributed by atoms with van der Waals surface area (Å²) in [7, 11) is 0. The molecule has 10 heteroatoms. The number of hydrogen-bond acceptors (Lipinski definition) is 10. The molecule has 0 unspecified atom stereocenters. The second-order valence-corrected chi connectivity index (χ2v) is 10.7. The van der Waals surface area contributed by atoms with Gasteiger partial charge in [0.1, 0.15) is 12.2 Å². The van der Waals surface area contributed by atoms with Gasteiger partial charge in [-0.25, -0.2) is 0 Å². The van der Waals surface area contributed by atoms with E-state index < -0.39 is 48.7 Å². The van der Waals surface area contributed by atoms with Crippen LogP contribution in [-0.2, 0) is 0 Å². The van der Waals surface area contributed by atoms with Crippen molar-refractivity contribution in [2.75, 3.05) is 13.2 Å². The lowest BCUT2D eigenvalue weighted by Gasteiger charge is -2.41. The standard InChI is InChI=1S/C24H46N2O8/c27-11-17-21(31)23(33)19(29)15(25-17)9-3-7-13-5-1-2-6-14(13)8-4-10-16-20(30)24(34)22(32)18(12-28)26-16/h13-34H,1-12H2/t13-,14+,15-,16-,17-,18-,19-,20-,21-,22-,23-,24-/m1/s1. The Kier molecular flexibility index (Phi) is 11.0. The number of rotatable bonds is 10. The smallest absolute Gasteiger partial charge is 0.109 e. The first kappa shape index (κ1) is 28.2. The van der Waals surface area contributed by atoms with Crippen molar-refractivity contribution in [1.29, 1.82) is 0 Å². The van der Waals surface area contributed by atoms with Gasteiger partial charge >= 0.3 is 0 Å². The molecule has 10 nitrogen and oxygen atoms in total. The topological polar surface area (TPSA) is 186 Å². The number of piperidine rings is 2. The van der Waals surface area contributed by atoms with Crippen molar-refractivity contribution in [2.24, 2.45) is 11.8 Å². The van der Waals surface area contributed by atoms with Crippen LogP contribution in [-0.4, -0.2) is 115 Å². The van der Waals surface area contributed by atoms with Gasteiger partial charge in [-0.2, -0.15) is 0 Å². The molecule has 2 aliphatic heterocycles. The van der Waals surface area contributed by atoms with Crippen LogP contribution < -0.4 is 10.6 Å². The van der Waals surface area contributed by atoms with E-state index in [1.807, 2.05) is 0 Å². The maximum Gasteiger partial charge on any atom is 0.109 e. The number of aliphatic hydroxyl groups excluding tert-OH is 8. The monoisotopic (exact) mass is 490 g/mol. The molecule has 0 bridgehead atoms. The summed E-state index contributed by atoms with van der Waals surface area (Å²) in [6.07, 6.45) is 2.79. The van der Waals surface area contributed by atoms with E-state index in [9.17, 15) is 40.9 Å². The highest BCUT2D eigenvalue weighted by Gasteiger charge is 2.43. The minimum Gasteiger partial charge on any atom is -0.395 e. The Hall–Kier alpha value is -0.400. The zero-order valence-electron chi connectivity index (χ0n) is 20.0. The molecule has 0 radical (unpaired) electrons. The van der Waals surface area contributed by atoms with Gasteiger partial charge in [-0.05, 0) is 24.7 Å². The van der Waals surface area contributed by atoms with E-state index in [0.717, 1.165) is 38.5 Å². The molecule has 3 fully saturated rings. The predicted octanol–water partition coefficient (Wildman–Crippen LogP) is -2.04. The minimum atomic E-state index is -1.26. The second-order valence-electron chi connectivity index (χ2n) is 10.7. The Morgan fingerprint density at radius 1 is 0.471 bits per heavy atom. The van der Waals surface area contributed by atoms with Gasteiger partial charge in [0.15, 0.2) is 0 Å². The van der Waals surface area contributed by atoms with Crippen molar-refractivity contribution in [3.63, 3.8) is 0 Å². The van der Waals surface area contributed by atoms with Gasteiger partial charge in [-0.1, -0.05) is 51.4 Å². The highest BCUT2D eigenvalue weighted by molar-refractivity contribution is 4.99. The normalized spacial score (nSPS) is 45.9. The summed E-state index contributed by atoms with van der Waals surface area (Å²) in [6, 6.07) is -2.00. The van der Waals surface area contributed by atoms with Crippen molar-refractivity contribution < 1.29 is 40.9 Å². The van der Waals surface area contributed by atoms with Crippen molar-refractivity contribution in [3.8, 4) is 0 Å². The molecule has 200 valence electrons. The fourth-order valence-corrected chi connectivity index (χ4v) is 6.37. The van der Waals surface area contributed by atoms with Crippen LogP contribution in [0.1, 0.15) is 64.2 Å². The number of hydrogen-bond donors (Lipinski definition) is 10. The van der Waals surface area contributed by atoms with Crippen LogP contribution in [0, 0.1) is 11.8 Å². The average Bonchev–Trinajstić information content (AvgIpc) is 2.84. The van der Waals surface area contributed by atoms with Gasteiger partial charge in [0.05, 0.1) is 49.7 Å². The van der Waals surface area contributed by atoms with Gasteiger partial charge < -0.3 is 51.5 Å². The highest BCUT2D eigenvalue weighted by Crippen LogP contribution is 2.37. The number of nitrogens with one attached hydrogen (secondary N) is 2. The van der Waals surface area contributed by atoms with Crippen molar-refractivity contribution >= 4 is 0 Å². The molecule has 0 aromatic rings. The fourth-order valence-electron chi connectivity index (χ4n) is 6.37. The summed E-state index contributed by atoms with van der Waals surface area (Å²) in [4.78, 5) is 0. The van der Waals surface area contributed by atoms with Gasteiger partial charge in [-0.3, -0.25) is 0 Å². The third kappa shape index (κ3) is 6.67. The number of aliphatic hydroxyl groups is 8. The molecule has 3 aliphatic rings. The molecular weight excluding hydrogens is 444 g/mol. The van der Waals surface area contributed by atoms with Crippen LogP contribution in [0.4, 0.5) is 0 Å². The Bertz CT molecular complexity index is 547. The SMILES string of the molecule is OC[C@H]1N[C@H](CCC[C@H]2CCCC[C@H]2CCC[C@H]2N[C@H](CO)[C@@H](O)[C@H](O)[C@@H]2O)[C@@H](O)[C@@H](O)[C@@H]1O.